The standard InChI is InChI=1S/C15H26O2/c1-5-17-15(16)12(4)14-8-6-7-13(9-10-14)11(2)3/h11,13H,5-10H2,1-4H3. The molecule has 1 aliphatic rings. The molecule has 1 aliphatic carbocycles. The van der Waals surface area contributed by atoms with Gasteiger partial charge in [0.05, 0.1) is 6.61 Å². The Labute approximate surface area is 105 Å². The van der Waals surface area contributed by atoms with Crippen LogP contribution < -0.4 is 0 Å². The van der Waals surface area contributed by atoms with Crippen LogP contribution in [0.3, 0.4) is 0 Å². The van der Waals surface area contributed by atoms with E-state index in [-0.39, 0.29) is 5.97 Å². The van der Waals surface area contributed by atoms with Crippen LogP contribution in [0.5, 0.6) is 0 Å². The van der Waals surface area contributed by atoms with E-state index in [4.69, 9.17) is 4.74 Å². The molecule has 1 fully saturated rings. The largest absolute Gasteiger partial charge is 0.463 e. The molecule has 0 aromatic carbocycles. The van der Waals surface area contributed by atoms with Crippen molar-refractivity contribution in [2.45, 2.75) is 59.8 Å². The minimum Gasteiger partial charge on any atom is -0.463 e. The van der Waals surface area contributed by atoms with Crippen molar-refractivity contribution >= 4 is 5.97 Å². The van der Waals surface area contributed by atoms with E-state index in [2.05, 4.69) is 13.8 Å². The van der Waals surface area contributed by atoms with Gasteiger partial charge in [0, 0.05) is 5.57 Å². The second-order valence-corrected chi connectivity index (χ2v) is 5.38. The van der Waals surface area contributed by atoms with Crippen LogP contribution in [0, 0.1) is 11.8 Å². The molecule has 1 atom stereocenters. The highest BCUT2D eigenvalue weighted by atomic mass is 16.5. The third kappa shape index (κ3) is 4.18. The second-order valence-electron chi connectivity index (χ2n) is 5.38. The maximum absolute atomic E-state index is 11.7. The average Bonchev–Trinajstić information content (AvgIpc) is 2.53. The summed E-state index contributed by atoms with van der Waals surface area (Å²) in [7, 11) is 0. The minimum absolute atomic E-state index is 0.120. The molecule has 1 rings (SSSR count). The molecule has 1 unspecified atom stereocenters. The summed E-state index contributed by atoms with van der Waals surface area (Å²) >= 11 is 0. The van der Waals surface area contributed by atoms with E-state index in [0.29, 0.717) is 6.61 Å². The van der Waals surface area contributed by atoms with E-state index in [9.17, 15) is 4.79 Å². The fraction of sp³-hybridized carbons (Fsp3) is 0.800. The van der Waals surface area contributed by atoms with Crippen LogP contribution in [-0.4, -0.2) is 12.6 Å². The number of hydrogen-bond donors (Lipinski definition) is 0. The first-order valence-corrected chi connectivity index (χ1v) is 6.92. The predicted molar refractivity (Wildman–Crippen MR) is 70.7 cm³/mol. The maximum Gasteiger partial charge on any atom is 0.333 e. The molecule has 0 aromatic rings. The molecule has 0 N–H and O–H groups in total. The van der Waals surface area contributed by atoms with Crippen LogP contribution in [-0.2, 0) is 9.53 Å². The molecule has 1 saturated carbocycles. The molecule has 2 heteroatoms. The van der Waals surface area contributed by atoms with Gasteiger partial charge >= 0.3 is 5.97 Å². The average molecular weight is 238 g/mol. The number of carbonyl (C=O) groups excluding carboxylic acids is 1. The lowest BCUT2D eigenvalue weighted by Gasteiger charge is -2.17. The van der Waals surface area contributed by atoms with Gasteiger partial charge in [0.15, 0.2) is 0 Å². The number of ether oxygens (including phenoxy) is 1. The highest BCUT2D eigenvalue weighted by Gasteiger charge is 2.20. The Morgan fingerprint density at radius 1 is 1.35 bits per heavy atom. The van der Waals surface area contributed by atoms with Crippen LogP contribution in [0.25, 0.3) is 0 Å². The first kappa shape index (κ1) is 14.3. The molecule has 98 valence electrons. The number of esters is 1. The van der Waals surface area contributed by atoms with E-state index >= 15 is 0 Å². The van der Waals surface area contributed by atoms with Crippen LogP contribution in [0.2, 0.25) is 0 Å². The lowest BCUT2D eigenvalue weighted by molar-refractivity contribution is -0.138. The zero-order chi connectivity index (χ0) is 12.8. The van der Waals surface area contributed by atoms with Gasteiger partial charge in [0.1, 0.15) is 0 Å². The fourth-order valence-electron chi connectivity index (χ4n) is 2.63. The number of carbonyl (C=O) groups is 1. The van der Waals surface area contributed by atoms with E-state index < -0.39 is 0 Å². The smallest absolute Gasteiger partial charge is 0.333 e. The molecule has 0 aromatic heterocycles. The van der Waals surface area contributed by atoms with Gasteiger partial charge in [-0.15, -0.1) is 0 Å². The summed E-state index contributed by atoms with van der Waals surface area (Å²) in [6.07, 6.45) is 5.90. The van der Waals surface area contributed by atoms with Crippen molar-refractivity contribution in [1.82, 2.24) is 0 Å². The van der Waals surface area contributed by atoms with Crippen molar-refractivity contribution in [3.05, 3.63) is 11.1 Å². The van der Waals surface area contributed by atoms with Gasteiger partial charge in [-0.05, 0) is 57.8 Å². The Bertz CT molecular complexity index is 289. The lowest BCUT2D eigenvalue weighted by Crippen LogP contribution is -2.08. The van der Waals surface area contributed by atoms with E-state index in [0.717, 1.165) is 30.3 Å². The van der Waals surface area contributed by atoms with Crippen molar-refractivity contribution < 1.29 is 9.53 Å². The molecule has 0 radical (unpaired) electrons. The number of allylic oxidation sites excluding steroid dienone is 1. The van der Waals surface area contributed by atoms with Gasteiger partial charge in [0.2, 0.25) is 0 Å². The topological polar surface area (TPSA) is 26.3 Å². The van der Waals surface area contributed by atoms with Crippen molar-refractivity contribution in [3.63, 3.8) is 0 Å². The summed E-state index contributed by atoms with van der Waals surface area (Å²) in [5.74, 6) is 1.46. The summed E-state index contributed by atoms with van der Waals surface area (Å²) < 4.78 is 5.08. The second kappa shape index (κ2) is 6.83. The van der Waals surface area contributed by atoms with Gasteiger partial charge in [-0.1, -0.05) is 19.4 Å². The molecule has 0 saturated heterocycles. The first-order valence-electron chi connectivity index (χ1n) is 6.92. The van der Waals surface area contributed by atoms with E-state index in [1.807, 2.05) is 13.8 Å². The van der Waals surface area contributed by atoms with Gasteiger partial charge in [-0.2, -0.15) is 0 Å². The minimum atomic E-state index is -0.120. The van der Waals surface area contributed by atoms with Gasteiger partial charge < -0.3 is 4.74 Å². The normalized spacial score (nSPS) is 24.4. The van der Waals surface area contributed by atoms with E-state index in [1.165, 1.54) is 24.8 Å². The molecule has 0 amide bonds. The molecule has 2 nitrogen and oxygen atoms in total. The van der Waals surface area contributed by atoms with Crippen molar-refractivity contribution in [3.8, 4) is 0 Å². The Morgan fingerprint density at radius 3 is 2.65 bits per heavy atom. The van der Waals surface area contributed by atoms with Crippen molar-refractivity contribution in [1.29, 1.82) is 0 Å². The van der Waals surface area contributed by atoms with Crippen molar-refractivity contribution in [2.75, 3.05) is 6.61 Å². The lowest BCUT2D eigenvalue weighted by atomic mass is 9.89. The molecule has 17 heavy (non-hydrogen) atoms. The third-order valence-electron chi connectivity index (χ3n) is 3.93. The maximum atomic E-state index is 11.7. The van der Waals surface area contributed by atoms with Crippen LogP contribution in [0.15, 0.2) is 11.1 Å². The zero-order valence-electron chi connectivity index (χ0n) is 11.7. The zero-order valence-corrected chi connectivity index (χ0v) is 11.7. The Kier molecular flexibility index (Phi) is 5.73. The Balaban J connectivity index is 2.66. The summed E-state index contributed by atoms with van der Waals surface area (Å²) in [4.78, 5) is 11.7. The summed E-state index contributed by atoms with van der Waals surface area (Å²) in [6, 6.07) is 0. The summed E-state index contributed by atoms with van der Waals surface area (Å²) in [5.41, 5.74) is 2.18. The van der Waals surface area contributed by atoms with Crippen LogP contribution in [0.4, 0.5) is 0 Å². The first-order chi connectivity index (χ1) is 8.06. The van der Waals surface area contributed by atoms with E-state index in [1.54, 1.807) is 0 Å². The van der Waals surface area contributed by atoms with Crippen LogP contribution >= 0.6 is 0 Å². The van der Waals surface area contributed by atoms with Gasteiger partial charge in [0.25, 0.3) is 0 Å². The van der Waals surface area contributed by atoms with Gasteiger partial charge in [-0.3, -0.25) is 0 Å². The Morgan fingerprint density at radius 2 is 2.06 bits per heavy atom. The molecular weight excluding hydrogens is 212 g/mol. The predicted octanol–water partition coefficient (Wildman–Crippen LogP) is 4.10. The summed E-state index contributed by atoms with van der Waals surface area (Å²) in [6.45, 7) is 8.86. The molecule has 0 heterocycles. The molecular formula is C15H26O2. The third-order valence-corrected chi connectivity index (χ3v) is 3.93. The quantitative estimate of drug-likeness (QED) is 0.420. The SMILES string of the molecule is CCOC(=O)C(C)=C1CCCC(C(C)C)CC1. The molecule has 0 bridgehead atoms. The molecule has 0 spiro atoms. The highest BCUT2D eigenvalue weighted by molar-refractivity contribution is 5.88. The fourth-order valence-corrected chi connectivity index (χ4v) is 2.63. The van der Waals surface area contributed by atoms with Gasteiger partial charge in [-0.25, -0.2) is 4.79 Å². The number of hydrogen-bond acceptors (Lipinski definition) is 2. The summed E-state index contributed by atoms with van der Waals surface area (Å²) in [5, 5.41) is 0. The number of rotatable bonds is 3. The Hall–Kier alpha value is -0.790. The van der Waals surface area contributed by atoms with Crippen LogP contribution in [0.1, 0.15) is 59.8 Å². The highest BCUT2D eigenvalue weighted by Crippen LogP contribution is 2.32. The molecule has 0 aliphatic heterocycles. The van der Waals surface area contributed by atoms with Crippen molar-refractivity contribution in [2.24, 2.45) is 11.8 Å². The monoisotopic (exact) mass is 238 g/mol.